The Morgan fingerprint density at radius 1 is 0.957 bits per heavy atom. The molecule has 0 saturated carbocycles. The zero-order valence-corrected chi connectivity index (χ0v) is 13.1. The second-order valence-electron chi connectivity index (χ2n) is 5.19. The lowest BCUT2D eigenvalue weighted by molar-refractivity contribution is 0.880. The van der Waals surface area contributed by atoms with Crippen molar-refractivity contribution in [3.8, 4) is 0 Å². The van der Waals surface area contributed by atoms with Gasteiger partial charge in [-0.1, -0.05) is 23.7 Å². The van der Waals surface area contributed by atoms with Gasteiger partial charge in [-0.3, -0.25) is 14.6 Å². The molecule has 6 heteroatoms. The fourth-order valence-corrected chi connectivity index (χ4v) is 2.41. The Balaban J connectivity index is 1.81. The fourth-order valence-electron chi connectivity index (χ4n) is 2.28. The first-order chi connectivity index (χ1) is 11.1. The molecule has 0 aliphatic carbocycles. The third-order valence-corrected chi connectivity index (χ3v) is 3.84. The average molecular weight is 328 g/mol. The van der Waals surface area contributed by atoms with Crippen LogP contribution < -0.4 is 21.5 Å². The molecule has 0 aliphatic heterocycles. The summed E-state index contributed by atoms with van der Waals surface area (Å²) in [6.07, 6.45) is 3.22. The first-order valence-electron chi connectivity index (χ1n) is 7.08. The van der Waals surface area contributed by atoms with Crippen LogP contribution >= 0.6 is 11.6 Å². The number of hydrogen-bond acceptors (Lipinski definition) is 5. The summed E-state index contributed by atoms with van der Waals surface area (Å²) in [6, 6.07) is 10.6. The van der Waals surface area contributed by atoms with Crippen LogP contribution in [0.2, 0.25) is 5.02 Å². The van der Waals surface area contributed by atoms with Gasteiger partial charge < -0.3 is 10.6 Å². The summed E-state index contributed by atoms with van der Waals surface area (Å²) in [6.45, 7) is 1.91. The summed E-state index contributed by atoms with van der Waals surface area (Å²) in [5.41, 5.74) is 1.22. The van der Waals surface area contributed by atoms with E-state index >= 15 is 0 Å². The van der Waals surface area contributed by atoms with Crippen LogP contribution in [0.4, 0.5) is 17.1 Å². The molecule has 1 heterocycles. The van der Waals surface area contributed by atoms with Crippen molar-refractivity contribution in [3.63, 3.8) is 0 Å². The number of nitrogens with one attached hydrogen (secondary N) is 2. The molecule has 3 aromatic rings. The largest absolute Gasteiger partial charge is 0.373 e. The number of nitrogens with zero attached hydrogens (tertiary/aromatic N) is 1. The normalized spacial score (nSPS) is 12.1. The van der Waals surface area contributed by atoms with Crippen LogP contribution in [0.15, 0.2) is 58.4 Å². The van der Waals surface area contributed by atoms with E-state index in [9.17, 15) is 9.59 Å². The van der Waals surface area contributed by atoms with Gasteiger partial charge in [0.05, 0.1) is 0 Å². The Bertz CT molecular complexity index is 885. The molecule has 116 valence electrons. The number of rotatable bonds is 5. The number of benzene rings is 1. The summed E-state index contributed by atoms with van der Waals surface area (Å²) in [4.78, 5) is 27.5. The van der Waals surface area contributed by atoms with E-state index in [1.807, 2.05) is 19.1 Å². The highest BCUT2D eigenvalue weighted by Gasteiger charge is 2.22. The molecule has 0 bridgehead atoms. The van der Waals surface area contributed by atoms with E-state index in [0.717, 1.165) is 5.56 Å². The molecular formula is C17H14ClN3O2. The van der Waals surface area contributed by atoms with Gasteiger partial charge in [0, 0.05) is 29.1 Å². The van der Waals surface area contributed by atoms with Crippen molar-refractivity contribution in [2.24, 2.45) is 0 Å². The lowest BCUT2D eigenvalue weighted by Crippen LogP contribution is -2.37. The van der Waals surface area contributed by atoms with E-state index in [1.165, 1.54) is 0 Å². The first-order valence-corrected chi connectivity index (χ1v) is 7.46. The van der Waals surface area contributed by atoms with Gasteiger partial charge in [-0.25, -0.2) is 0 Å². The van der Waals surface area contributed by atoms with E-state index in [4.69, 9.17) is 11.6 Å². The number of halogens is 1. The number of hydrogen-bond donors (Lipinski definition) is 2. The monoisotopic (exact) mass is 327 g/mol. The topological polar surface area (TPSA) is 71.1 Å². The van der Waals surface area contributed by atoms with E-state index in [2.05, 4.69) is 15.6 Å². The van der Waals surface area contributed by atoms with Gasteiger partial charge in [0.25, 0.3) is 10.9 Å². The molecule has 0 amide bonds. The molecule has 0 radical (unpaired) electrons. The molecule has 0 spiro atoms. The fraction of sp³-hybridized carbons (Fsp3) is 0.118. The maximum Gasteiger partial charge on any atom is 0.253 e. The maximum atomic E-state index is 11.8. The summed E-state index contributed by atoms with van der Waals surface area (Å²) in [5.74, 6) is 0. The smallest absolute Gasteiger partial charge is 0.253 e. The zero-order valence-electron chi connectivity index (χ0n) is 12.3. The summed E-state index contributed by atoms with van der Waals surface area (Å²) in [7, 11) is 0. The highest BCUT2D eigenvalue weighted by molar-refractivity contribution is 6.30. The average Bonchev–Trinajstić information content (AvgIpc) is 2.59. The van der Waals surface area contributed by atoms with Crippen molar-refractivity contribution in [2.45, 2.75) is 13.0 Å². The third kappa shape index (κ3) is 3.10. The molecule has 1 atom stereocenters. The van der Waals surface area contributed by atoms with Crippen LogP contribution in [0.3, 0.4) is 0 Å². The van der Waals surface area contributed by atoms with E-state index in [1.54, 1.807) is 36.7 Å². The highest BCUT2D eigenvalue weighted by Crippen LogP contribution is 2.25. The Kier molecular flexibility index (Phi) is 4.12. The van der Waals surface area contributed by atoms with Gasteiger partial charge in [-0.05, 0) is 36.8 Å². The lowest BCUT2D eigenvalue weighted by atomic mass is 10.1. The Morgan fingerprint density at radius 2 is 1.57 bits per heavy atom. The number of pyridine rings is 1. The Morgan fingerprint density at radius 3 is 2.22 bits per heavy atom. The Labute approximate surface area is 137 Å². The van der Waals surface area contributed by atoms with Crippen molar-refractivity contribution in [1.82, 2.24) is 4.98 Å². The summed E-state index contributed by atoms with van der Waals surface area (Å²) >= 11 is 5.87. The van der Waals surface area contributed by atoms with Crippen LogP contribution in [-0.2, 0) is 0 Å². The molecular weight excluding hydrogens is 314 g/mol. The van der Waals surface area contributed by atoms with Crippen molar-refractivity contribution in [2.75, 3.05) is 10.6 Å². The van der Waals surface area contributed by atoms with Gasteiger partial charge >= 0.3 is 0 Å². The minimum absolute atomic E-state index is 0.131. The summed E-state index contributed by atoms with van der Waals surface area (Å²) in [5, 5.41) is 6.70. The number of aromatic nitrogens is 1. The molecule has 23 heavy (non-hydrogen) atoms. The SMILES string of the molecule is C[C@@H](Nc1c(Nc2ccncc2)c(=O)c1=O)c1ccc(Cl)cc1. The van der Waals surface area contributed by atoms with E-state index in [-0.39, 0.29) is 11.7 Å². The lowest BCUT2D eigenvalue weighted by Gasteiger charge is -2.20. The van der Waals surface area contributed by atoms with Gasteiger partial charge in [0.1, 0.15) is 11.4 Å². The molecule has 0 aliphatic rings. The minimum Gasteiger partial charge on any atom is -0.373 e. The van der Waals surface area contributed by atoms with Crippen molar-refractivity contribution < 1.29 is 0 Å². The second-order valence-corrected chi connectivity index (χ2v) is 5.62. The molecule has 0 unspecified atom stereocenters. The van der Waals surface area contributed by atoms with Gasteiger partial charge in [0.15, 0.2) is 0 Å². The summed E-state index contributed by atoms with van der Waals surface area (Å²) < 4.78 is 0. The molecule has 0 fully saturated rings. The molecule has 0 saturated heterocycles. The third-order valence-electron chi connectivity index (χ3n) is 3.59. The minimum atomic E-state index is -0.521. The van der Waals surface area contributed by atoms with Crippen molar-refractivity contribution >= 4 is 28.7 Å². The number of anilines is 3. The molecule has 3 rings (SSSR count). The van der Waals surface area contributed by atoms with Crippen molar-refractivity contribution in [1.29, 1.82) is 0 Å². The Hall–Kier alpha value is -2.66. The van der Waals surface area contributed by atoms with E-state index in [0.29, 0.717) is 16.4 Å². The van der Waals surface area contributed by atoms with Crippen LogP contribution in [0.25, 0.3) is 0 Å². The van der Waals surface area contributed by atoms with Crippen molar-refractivity contribution in [3.05, 3.63) is 79.8 Å². The molecule has 5 nitrogen and oxygen atoms in total. The first kappa shape index (κ1) is 15.2. The van der Waals surface area contributed by atoms with Gasteiger partial charge in [-0.15, -0.1) is 0 Å². The predicted octanol–water partition coefficient (Wildman–Crippen LogP) is 3.25. The molecule has 1 aromatic heterocycles. The van der Waals surface area contributed by atoms with Crippen LogP contribution in [0, 0.1) is 0 Å². The van der Waals surface area contributed by atoms with E-state index < -0.39 is 10.9 Å². The predicted molar refractivity (Wildman–Crippen MR) is 92.4 cm³/mol. The maximum absolute atomic E-state index is 11.8. The standard InChI is InChI=1S/C17H14ClN3O2/c1-10(11-2-4-12(18)5-3-11)20-14-15(17(23)16(14)22)21-13-6-8-19-9-7-13/h2-10,20H,1H3,(H,19,21)/t10-/m1/s1. The quantitative estimate of drug-likeness (QED) is 0.704. The molecule has 2 aromatic carbocycles. The zero-order chi connectivity index (χ0) is 16.4. The van der Waals surface area contributed by atoms with Crippen LogP contribution in [0.5, 0.6) is 0 Å². The van der Waals surface area contributed by atoms with Crippen LogP contribution in [0.1, 0.15) is 18.5 Å². The molecule has 2 N–H and O–H groups in total. The van der Waals surface area contributed by atoms with Crippen LogP contribution in [-0.4, -0.2) is 4.98 Å². The van der Waals surface area contributed by atoms with Gasteiger partial charge in [-0.2, -0.15) is 0 Å². The van der Waals surface area contributed by atoms with Gasteiger partial charge in [0.2, 0.25) is 0 Å². The second kappa shape index (κ2) is 6.22. The highest BCUT2D eigenvalue weighted by atomic mass is 35.5.